The minimum absolute atomic E-state index is 0.241. The minimum Gasteiger partial charge on any atom is -0.508 e. The Morgan fingerprint density at radius 2 is 1.75 bits per heavy atom. The van der Waals surface area contributed by atoms with E-state index in [9.17, 15) is 5.11 Å². The van der Waals surface area contributed by atoms with Crippen molar-refractivity contribution in [1.82, 2.24) is 9.97 Å². The number of H-pyrrole nitrogens is 1. The predicted octanol–water partition coefficient (Wildman–Crippen LogP) is 4.34. The van der Waals surface area contributed by atoms with Crippen LogP contribution in [0.3, 0.4) is 0 Å². The van der Waals surface area contributed by atoms with Crippen molar-refractivity contribution in [2.24, 2.45) is 0 Å². The molecule has 2 aromatic heterocycles. The summed E-state index contributed by atoms with van der Waals surface area (Å²) in [6.07, 6.45) is 3.67. The molecule has 0 bridgehead atoms. The number of nitrogens with one attached hydrogen (secondary N) is 1. The smallest absolute Gasteiger partial charge is 0.138 e. The van der Waals surface area contributed by atoms with Gasteiger partial charge in [0, 0.05) is 28.9 Å². The number of aromatic hydroxyl groups is 1. The molecule has 0 radical (unpaired) electrons. The molecule has 0 unspecified atom stereocenters. The van der Waals surface area contributed by atoms with E-state index in [-0.39, 0.29) is 5.75 Å². The molecule has 0 aliphatic heterocycles. The number of nitrogens with zero attached hydrogens (tertiary/aromatic N) is 1. The van der Waals surface area contributed by atoms with Crippen LogP contribution in [0, 0.1) is 11.8 Å². The zero-order valence-electron chi connectivity index (χ0n) is 12.8. The fourth-order valence-corrected chi connectivity index (χ4v) is 2.61. The van der Waals surface area contributed by atoms with Gasteiger partial charge in [-0.3, -0.25) is 0 Å². The fourth-order valence-electron chi connectivity index (χ4n) is 2.61. The number of rotatable bonds is 1. The molecule has 2 heterocycles. The maximum Gasteiger partial charge on any atom is 0.138 e. The van der Waals surface area contributed by atoms with Gasteiger partial charge in [0.2, 0.25) is 0 Å². The molecule has 24 heavy (non-hydrogen) atoms. The summed E-state index contributed by atoms with van der Waals surface area (Å²) < 4.78 is 0. The lowest BCUT2D eigenvalue weighted by atomic mass is 10.1. The largest absolute Gasteiger partial charge is 0.508 e. The zero-order valence-corrected chi connectivity index (χ0v) is 12.8. The maximum atomic E-state index is 9.66. The third-order valence-electron chi connectivity index (χ3n) is 3.83. The van der Waals surface area contributed by atoms with Crippen LogP contribution in [0.2, 0.25) is 0 Å². The Kier molecular flexibility index (Phi) is 3.49. The molecule has 0 fully saturated rings. The third-order valence-corrected chi connectivity index (χ3v) is 3.83. The summed E-state index contributed by atoms with van der Waals surface area (Å²) in [5.41, 5.74) is 4.55. The van der Waals surface area contributed by atoms with Gasteiger partial charge in [0.05, 0.1) is 5.56 Å². The number of aromatic nitrogens is 2. The molecule has 3 nitrogen and oxygen atoms in total. The van der Waals surface area contributed by atoms with E-state index in [4.69, 9.17) is 0 Å². The topological polar surface area (TPSA) is 48.9 Å². The average molecular weight is 310 g/mol. The minimum atomic E-state index is 0.241. The monoisotopic (exact) mass is 310 g/mol. The Hall–Kier alpha value is -3.51. The Bertz CT molecular complexity index is 1070. The standard InChI is InChI=1S/C21H14N2O/c24-19-8-4-7-16(11-19)18-12-20-17(13-22-21(20)23-14-18)10-9-15-5-2-1-3-6-15/h1-8,11-14,24H,(H,22,23). The van der Waals surface area contributed by atoms with Crippen LogP contribution in [0.1, 0.15) is 11.1 Å². The van der Waals surface area contributed by atoms with Crippen molar-refractivity contribution in [1.29, 1.82) is 0 Å². The molecule has 0 spiro atoms. The molecule has 0 saturated carbocycles. The van der Waals surface area contributed by atoms with E-state index in [1.807, 2.05) is 54.7 Å². The summed E-state index contributed by atoms with van der Waals surface area (Å²) >= 11 is 0. The van der Waals surface area contributed by atoms with Gasteiger partial charge in [0.25, 0.3) is 0 Å². The van der Waals surface area contributed by atoms with Gasteiger partial charge in [-0.25, -0.2) is 4.98 Å². The molecule has 0 aliphatic carbocycles. The Balaban J connectivity index is 1.78. The molecule has 0 amide bonds. The molecule has 2 aromatic carbocycles. The molecular weight excluding hydrogens is 296 g/mol. The summed E-state index contributed by atoms with van der Waals surface area (Å²) in [7, 11) is 0. The van der Waals surface area contributed by atoms with Gasteiger partial charge >= 0.3 is 0 Å². The van der Waals surface area contributed by atoms with Gasteiger partial charge < -0.3 is 10.1 Å². The SMILES string of the molecule is Oc1cccc(-c2cnc3[nH]cc(C#Cc4ccccc4)c3c2)c1. The van der Waals surface area contributed by atoms with Crippen LogP contribution < -0.4 is 0 Å². The van der Waals surface area contributed by atoms with Crippen LogP contribution in [0.25, 0.3) is 22.2 Å². The van der Waals surface area contributed by atoms with Gasteiger partial charge in [0.1, 0.15) is 11.4 Å². The molecule has 3 heteroatoms. The number of phenols is 1. The fraction of sp³-hybridized carbons (Fsp3) is 0. The van der Waals surface area contributed by atoms with E-state index in [1.165, 1.54) is 0 Å². The summed E-state index contributed by atoms with van der Waals surface area (Å²) in [4.78, 5) is 7.61. The second-order valence-electron chi connectivity index (χ2n) is 5.49. The summed E-state index contributed by atoms with van der Waals surface area (Å²) in [6.45, 7) is 0. The molecule has 4 aromatic rings. The number of aromatic amines is 1. The van der Waals surface area contributed by atoms with Crippen molar-refractivity contribution in [3.05, 3.63) is 84.2 Å². The highest BCUT2D eigenvalue weighted by Crippen LogP contribution is 2.26. The van der Waals surface area contributed by atoms with E-state index in [0.29, 0.717) is 0 Å². The molecule has 0 atom stereocenters. The zero-order chi connectivity index (χ0) is 16.4. The first-order valence-electron chi connectivity index (χ1n) is 7.63. The summed E-state index contributed by atoms with van der Waals surface area (Å²) in [5, 5.41) is 10.6. The molecule has 114 valence electrons. The summed E-state index contributed by atoms with van der Waals surface area (Å²) in [5.74, 6) is 6.61. The van der Waals surface area contributed by atoms with Crippen LogP contribution in [0.5, 0.6) is 5.75 Å². The molecular formula is C21H14N2O. The second kappa shape index (κ2) is 5.94. The van der Waals surface area contributed by atoms with E-state index >= 15 is 0 Å². The first kappa shape index (κ1) is 14.1. The van der Waals surface area contributed by atoms with E-state index in [2.05, 4.69) is 21.8 Å². The average Bonchev–Trinajstić information content (AvgIpc) is 3.03. The Labute approximate surface area is 139 Å². The highest BCUT2D eigenvalue weighted by molar-refractivity contribution is 5.87. The number of pyridine rings is 1. The molecule has 2 N–H and O–H groups in total. The van der Waals surface area contributed by atoms with Gasteiger partial charge in [-0.05, 0) is 35.9 Å². The van der Waals surface area contributed by atoms with Crippen molar-refractivity contribution >= 4 is 11.0 Å². The normalized spacial score (nSPS) is 10.3. The highest BCUT2D eigenvalue weighted by atomic mass is 16.3. The number of fused-ring (bicyclic) bond motifs is 1. The van der Waals surface area contributed by atoms with Crippen molar-refractivity contribution in [3.63, 3.8) is 0 Å². The quantitative estimate of drug-likeness (QED) is 0.514. The van der Waals surface area contributed by atoms with E-state index < -0.39 is 0 Å². The maximum absolute atomic E-state index is 9.66. The van der Waals surface area contributed by atoms with Gasteiger partial charge in [-0.2, -0.15) is 0 Å². The van der Waals surface area contributed by atoms with Crippen LogP contribution in [0.15, 0.2) is 73.1 Å². The van der Waals surface area contributed by atoms with Crippen molar-refractivity contribution in [2.75, 3.05) is 0 Å². The van der Waals surface area contributed by atoms with Crippen molar-refractivity contribution in [2.45, 2.75) is 0 Å². The highest BCUT2D eigenvalue weighted by Gasteiger charge is 2.06. The molecule has 0 aliphatic rings. The van der Waals surface area contributed by atoms with E-state index in [1.54, 1.807) is 18.3 Å². The third kappa shape index (κ3) is 2.73. The Morgan fingerprint density at radius 1 is 0.875 bits per heavy atom. The number of hydrogen-bond acceptors (Lipinski definition) is 2. The van der Waals surface area contributed by atoms with Gasteiger partial charge in [-0.1, -0.05) is 42.2 Å². The second-order valence-corrected chi connectivity index (χ2v) is 5.49. The van der Waals surface area contributed by atoms with Gasteiger partial charge in [-0.15, -0.1) is 0 Å². The first-order valence-corrected chi connectivity index (χ1v) is 7.63. The molecule has 4 rings (SSSR count). The van der Waals surface area contributed by atoms with E-state index in [0.717, 1.165) is 33.3 Å². The number of phenolic OH excluding ortho intramolecular Hbond substituents is 1. The summed E-state index contributed by atoms with van der Waals surface area (Å²) in [6, 6.07) is 19.1. The van der Waals surface area contributed by atoms with Gasteiger partial charge in [0.15, 0.2) is 0 Å². The van der Waals surface area contributed by atoms with Crippen molar-refractivity contribution in [3.8, 4) is 28.7 Å². The van der Waals surface area contributed by atoms with Crippen LogP contribution in [0.4, 0.5) is 0 Å². The van der Waals surface area contributed by atoms with Crippen LogP contribution >= 0.6 is 0 Å². The first-order chi connectivity index (χ1) is 11.8. The lowest BCUT2D eigenvalue weighted by molar-refractivity contribution is 0.475. The lowest BCUT2D eigenvalue weighted by Gasteiger charge is -2.02. The van der Waals surface area contributed by atoms with Crippen LogP contribution in [-0.2, 0) is 0 Å². The van der Waals surface area contributed by atoms with Crippen LogP contribution in [-0.4, -0.2) is 15.1 Å². The lowest BCUT2D eigenvalue weighted by Crippen LogP contribution is -1.82. The van der Waals surface area contributed by atoms with Crippen molar-refractivity contribution < 1.29 is 5.11 Å². The number of hydrogen-bond donors (Lipinski definition) is 2. The molecule has 0 saturated heterocycles. The Morgan fingerprint density at radius 3 is 2.58 bits per heavy atom. The predicted molar refractivity (Wildman–Crippen MR) is 95.6 cm³/mol. The number of benzene rings is 2.